The van der Waals surface area contributed by atoms with E-state index < -0.39 is 0 Å². The molecule has 13 heavy (non-hydrogen) atoms. The molecular weight excluding hydrogens is 178 g/mol. The fourth-order valence-corrected chi connectivity index (χ4v) is 1.91. The van der Waals surface area contributed by atoms with E-state index in [0.717, 1.165) is 0 Å². The van der Waals surface area contributed by atoms with Crippen LogP contribution >= 0.6 is 11.9 Å². The third kappa shape index (κ3) is 1.63. The summed E-state index contributed by atoms with van der Waals surface area (Å²) in [5, 5.41) is 0. The maximum atomic E-state index is 2.16. The zero-order valence-corrected chi connectivity index (χ0v) is 8.29. The van der Waals surface area contributed by atoms with Gasteiger partial charge in [0.1, 0.15) is 0 Å². The fraction of sp³-hybridized carbons (Fsp3) is 0.0909. The van der Waals surface area contributed by atoms with Gasteiger partial charge in [-0.25, -0.2) is 0 Å². The molecular formula is C11H11NS. The van der Waals surface area contributed by atoms with Crippen LogP contribution < -0.4 is 4.31 Å². The number of allylic oxidation sites excluding steroid dienone is 2. The summed E-state index contributed by atoms with van der Waals surface area (Å²) < 4.78 is 2.16. The first kappa shape index (κ1) is 8.45. The van der Waals surface area contributed by atoms with E-state index in [9.17, 15) is 0 Å². The minimum Gasteiger partial charge on any atom is -0.291 e. The van der Waals surface area contributed by atoms with Crippen LogP contribution in [0.3, 0.4) is 0 Å². The van der Waals surface area contributed by atoms with Gasteiger partial charge in [0.2, 0.25) is 0 Å². The van der Waals surface area contributed by atoms with Gasteiger partial charge in [-0.15, -0.1) is 0 Å². The first-order valence-electron chi connectivity index (χ1n) is 4.19. The third-order valence-electron chi connectivity index (χ3n) is 1.98. The van der Waals surface area contributed by atoms with Gasteiger partial charge in [-0.05, 0) is 29.7 Å². The Morgan fingerprint density at radius 1 is 1.15 bits per heavy atom. The molecule has 0 aromatic heterocycles. The Hall–Kier alpha value is -1.15. The third-order valence-corrected chi connectivity index (χ3v) is 2.69. The van der Waals surface area contributed by atoms with Gasteiger partial charge in [0.05, 0.1) is 5.69 Å². The van der Waals surface area contributed by atoms with Crippen molar-refractivity contribution < 1.29 is 0 Å². The van der Waals surface area contributed by atoms with E-state index in [1.807, 2.05) is 0 Å². The zero-order valence-electron chi connectivity index (χ0n) is 7.47. The van der Waals surface area contributed by atoms with Gasteiger partial charge in [-0.3, -0.25) is 4.31 Å². The number of anilines is 1. The quantitative estimate of drug-likeness (QED) is 0.623. The summed E-state index contributed by atoms with van der Waals surface area (Å²) in [4.78, 5) is 0. The highest BCUT2D eigenvalue weighted by Crippen LogP contribution is 2.28. The molecule has 2 heteroatoms. The van der Waals surface area contributed by atoms with Gasteiger partial charge in [0.25, 0.3) is 0 Å². The van der Waals surface area contributed by atoms with E-state index in [4.69, 9.17) is 0 Å². The number of hydrogen-bond donors (Lipinski definition) is 0. The SMILES string of the molecule is CSN1C=CC=Cc2ccccc21. The predicted octanol–water partition coefficient (Wildman–Crippen LogP) is 3.31. The molecule has 1 aromatic carbocycles. The van der Waals surface area contributed by atoms with Gasteiger partial charge in [-0.1, -0.05) is 30.4 Å². The van der Waals surface area contributed by atoms with Crippen molar-refractivity contribution in [3.05, 3.63) is 48.2 Å². The van der Waals surface area contributed by atoms with E-state index >= 15 is 0 Å². The topological polar surface area (TPSA) is 3.24 Å². The van der Waals surface area contributed by atoms with Crippen LogP contribution in [0.2, 0.25) is 0 Å². The minimum atomic E-state index is 1.25. The molecule has 1 aliphatic rings. The van der Waals surface area contributed by atoms with E-state index in [1.165, 1.54) is 11.3 Å². The number of fused-ring (bicyclic) bond motifs is 1. The van der Waals surface area contributed by atoms with E-state index in [2.05, 4.69) is 59.3 Å². The van der Waals surface area contributed by atoms with E-state index in [-0.39, 0.29) is 0 Å². The lowest BCUT2D eigenvalue weighted by Gasteiger charge is -2.17. The van der Waals surface area contributed by atoms with Crippen LogP contribution in [-0.2, 0) is 0 Å². The molecule has 1 nitrogen and oxygen atoms in total. The molecule has 1 aliphatic heterocycles. The first-order chi connectivity index (χ1) is 6.42. The summed E-state index contributed by atoms with van der Waals surface area (Å²) in [5.41, 5.74) is 2.52. The summed E-state index contributed by atoms with van der Waals surface area (Å²) in [6.45, 7) is 0. The molecule has 0 amide bonds. The molecule has 0 unspecified atom stereocenters. The van der Waals surface area contributed by atoms with E-state index in [1.54, 1.807) is 11.9 Å². The normalized spacial score (nSPS) is 14.1. The fourth-order valence-electron chi connectivity index (χ4n) is 1.36. The smallest absolute Gasteiger partial charge is 0.0590 e. The molecule has 0 bridgehead atoms. The molecule has 0 radical (unpaired) electrons. The number of para-hydroxylation sites is 1. The number of hydrogen-bond acceptors (Lipinski definition) is 2. The maximum absolute atomic E-state index is 2.16. The Morgan fingerprint density at radius 2 is 2.00 bits per heavy atom. The van der Waals surface area contributed by atoms with Crippen molar-refractivity contribution in [2.75, 3.05) is 10.6 Å². The molecule has 1 heterocycles. The molecule has 66 valence electrons. The van der Waals surface area contributed by atoms with Crippen LogP contribution in [0, 0.1) is 0 Å². The molecule has 2 rings (SSSR count). The van der Waals surface area contributed by atoms with Crippen LogP contribution in [-0.4, -0.2) is 6.26 Å². The Morgan fingerprint density at radius 3 is 2.85 bits per heavy atom. The van der Waals surface area contributed by atoms with Crippen molar-refractivity contribution in [3.63, 3.8) is 0 Å². The van der Waals surface area contributed by atoms with Crippen LogP contribution in [0.25, 0.3) is 6.08 Å². The van der Waals surface area contributed by atoms with E-state index in [0.29, 0.717) is 0 Å². The zero-order chi connectivity index (χ0) is 9.10. The van der Waals surface area contributed by atoms with Gasteiger partial charge in [0.15, 0.2) is 0 Å². The highest BCUT2D eigenvalue weighted by atomic mass is 32.2. The monoisotopic (exact) mass is 189 g/mol. The molecule has 0 aliphatic carbocycles. The Kier molecular flexibility index (Phi) is 2.41. The molecule has 0 N–H and O–H groups in total. The summed E-state index contributed by atoms with van der Waals surface area (Å²) in [6.07, 6.45) is 10.4. The highest BCUT2D eigenvalue weighted by Gasteiger charge is 2.06. The Bertz CT molecular complexity index is 355. The largest absolute Gasteiger partial charge is 0.291 e. The summed E-state index contributed by atoms with van der Waals surface area (Å²) in [6, 6.07) is 8.38. The molecule has 0 saturated heterocycles. The van der Waals surface area contributed by atoms with Crippen molar-refractivity contribution >= 4 is 23.7 Å². The van der Waals surface area contributed by atoms with Crippen molar-refractivity contribution in [2.24, 2.45) is 0 Å². The van der Waals surface area contributed by atoms with Crippen LogP contribution in [0.5, 0.6) is 0 Å². The summed E-state index contributed by atoms with van der Waals surface area (Å²) in [7, 11) is 0. The van der Waals surface area contributed by atoms with Crippen LogP contribution in [0.4, 0.5) is 5.69 Å². The van der Waals surface area contributed by atoms with Gasteiger partial charge >= 0.3 is 0 Å². The summed E-state index contributed by atoms with van der Waals surface area (Å²) >= 11 is 1.71. The van der Waals surface area contributed by atoms with Gasteiger partial charge in [-0.2, -0.15) is 0 Å². The maximum Gasteiger partial charge on any atom is 0.0590 e. The second-order valence-electron chi connectivity index (χ2n) is 2.77. The molecule has 0 saturated carbocycles. The lowest BCUT2D eigenvalue weighted by molar-refractivity contribution is 1.44. The lowest BCUT2D eigenvalue weighted by Crippen LogP contribution is -2.04. The van der Waals surface area contributed by atoms with Crippen molar-refractivity contribution in [3.8, 4) is 0 Å². The van der Waals surface area contributed by atoms with Crippen molar-refractivity contribution in [1.82, 2.24) is 0 Å². The number of rotatable bonds is 1. The lowest BCUT2D eigenvalue weighted by atomic mass is 10.2. The first-order valence-corrected chi connectivity index (χ1v) is 5.37. The summed E-state index contributed by atoms with van der Waals surface area (Å²) in [5.74, 6) is 0. The van der Waals surface area contributed by atoms with Gasteiger partial charge < -0.3 is 0 Å². The number of benzene rings is 1. The van der Waals surface area contributed by atoms with Crippen molar-refractivity contribution in [2.45, 2.75) is 0 Å². The Balaban J connectivity index is 2.50. The predicted molar refractivity (Wildman–Crippen MR) is 60.6 cm³/mol. The Labute approximate surface area is 82.9 Å². The molecule has 0 fully saturated rings. The molecule has 1 aromatic rings. The van der Waals surface area contributed by atoms with Crippen LogP contribution in [0.15, 0.2) is 42.6 Å². The molecule has 0 spiro atoms. The average Bonchev–Trinajstić information content (AvgIpc) is 2.39. The van der Waals surface area contributed by atoms with Crippen molar-refractivity contribution in [1.29, 1.82) is 0 Å². The number of nitrogens with zero attached hydrogens (tertiary/aromatic N) is 1. The highest BCUT2D eigenvalue weighted by molar-refractivity contribution is 8.00. The van der Waals surface area contributed by atoms with Gasteiger partial charge in [0, 0.05) is 12.5 Å². The minimum absolute atomic E-state index is 1.25. The standard InChI is InChI=1S/C11H11NS/c1-13-12-9-5-4-7-10-6-2-3-8-11(10)12/h2-9H,1H3. The van der Waals surface area contributed by atoms with Crippen LogP contribution in [0.1, 0.15) is 5.56 Å². The second kappa shape index (κ2) is 3.71. The average molecular weight is 189 g/mol. The molecule has 0 atom stereocenters. The second-order valence-corrected chi connectivity index (χ2v) is 3.53.